The number of amides is 1. The van der Waals surface area contributed by atoms with Gasteiger partial charge in [0.15, 0.2) is 0 Å². The van der Waals surface area contributed by atoms with Gasteiger partial charge in [0.25, 0.3) is 0 Å². The van der Waals surface area contributed by atoms with Crippen LogP contribution in [0.5, 0.6) is 0 Å². The summed E-state index contributed by atoms with van der Waals surface area (Å²) in [6, 6.07) is 9.15. The van der Waals surface area contributed by atoms with Crippen molar-refractivity contribution in [1.82, 2.24) is 15.2 Å². The Labute approximate surface area is 159 Å². The van der Waals surface area contributed by atoms with Crippen LogP contribution in [0.1, 0.15) is 56.3 Å². The lowest BCUT2D eigenvalue weighted by Gasteiger charge is -2.23. The predicted octanol–water partition coefficient (Wildman–Crippen LogP) is 4.04. The lowest BCUT2D eigenvalue weighted by atomic mass is 9.95. The Morgan fingerprint density at radius 1 is 1.26 bits per heavy atom. The highest BCUT2D eigenvalue weighted by Gasteiger charge is 2.50. The van der Waals surface area contributed by atoms with Crippen LogP contribution in [0.25, 0.3) is 11.1 Å². The standard InChI is InChI=1S/C22H26FN3O/c1-14(2)15-4-5-18(23)17(12-15)16-7-10-24-20(13-16)19-6-8-22(25-19)9-11-26(3)21(22)27/h4-5,7,10,12-14,19,25H,6,8-9,11H2,1-3H3/t19-,22+/m1/s1. The van der Waals surface area contributed by atoms with Crippen molar-refractivity contribution in [3.8, 4) is 11.1 Å². The molecule has 0 radical (unpaired) electrons. The fourth-order valence-corrected chi connectivity index (χ4v) is 4.32. The van der Waals surface area contributed by atoms with Gasteiger partial charge in [0.2, 0.25) is 5.91 Å². The maximum atomic E-state index is 14.5. The van der Waals surface area contributed by atoms with Crippen LogP contribution in [-0.2, 0) is 4.79 Å². The molecular formula is C22H26FN3O. The van der Waals surface area contributed by atoms with Gasteiger partial charge in [0, 0.05) is 25.4 Å². The summed E-state index contributed by atoms with van der Waals surface area (Å²) < 4.78 is 14.5. The first-order valence-corrected chi connectivity index (χ1v) is 9.69. The van der Waals surface area contributed by atoms with Crippen molar-refractivity contribution in [2.24, 2.45) is 0 Å². The molecule has 5 heteroatoms. The Morgan fingerprint density at radius 2 is 2.07 bits per heavy atom. The number of nitrogens with zero attached hydrogens (tertiary/aromatic N) is 2. The number of nitrogens with one attached hydrogen (secondary N) is 1. The smallest absolute Gasteiger partial charge is 0.242 e. The molecule has 27 heavy (non-hydrogen) atoms. The first-order chi connectivity index (χ1) is 12.9. The molecule has 1 N–H and O–H groups in total. The molecule has 2 aliphatic rings. The number of halogens is 1. The second-order valence-electron chi connectivity index (χ2n) is 8.16. The second-order valence-corrected chi connectivity index (χ2v) is 8.16. The van der Waals surface area contributed by atoms with Crippen LogP contribution in [0, 0.1) is 5.82 Å². The number of rotatable bonds is 3. The molecule has 1 aromatic carbocycles. The number of likely N-dealkylation sites (N-methyl/N-ethyl adjacent to an activating group) is 1. The summed E-state index contributed by atoms with van der Waals surface area (Å²) in [6.45, 7) is 5.00. The third-order valence-electron chi connectivity index (χ3n) is 6.05. The minimum Gasteiger partial charge on any atom is -0.344 e. The van der Waals surface area contributed by atoms with E-state index in [-0.39, 0.29) is 17.8 Å². The fraction of sp³-hybridized carbons (Fsp3) is 0.455. The van der Waals surface area contributed by atoms with Gasteiger partial charge in [-0.25, -0.2) is 4.39 Å². The molecule has 1 aromatic heterocycles. The molecule has 1 amide bonds. The summed E-state index contributed by atoms with van der Waals surface area (Å²) in [4.78, 5) is 18.9. The first kappa shape index (κ1) is 18.1. The van der Waals surface area contributed by atoms with E-state index >= 15 is 0 Å². The normalized spacial score (nSPS) is 25.1. The minimum atomic E-state index is -0.445. The summed E-state index contributed by atoms with van der Waals surface area (Å²) in [5.41, 5.74) is 2.98. The number of carbonyl (C=O) groups is 1. The van der Waals surface area contributed by atoms with Crippen LogP contribution >= 0.6 is 0 Å². The summed E-state index contributed by atoms with van der Waals surface area (Å²) in [6.07, 6.45) is 4.26. The van der Waals surface area contributed by atoms with E-state index in [1.807, 2.05) is 31.3 Å². The molecule has 4 nitrogen and oxygen atoms in total. The Morgan fingerprint density at radius 3 is 2.78 bits per heavy atom. The van der Waals surface area contributed by atoms with E-state index in [4.69, 9.17) is 0 Å². The van der Waals surface area contributed by atoms with Crippen LogP contribution in [0.15, 0.2) is 36.5 Å². The number of likely N-dealkylation sites (tertiary alicyclic amines) is 1. The summed E-state index contributed by atoms with van der Waals surface area (Å²) in [5.74, 6) is 0.296. The van der Waals surface area contributed by atoms with E-state index < -0.39 is 5.54 Å². The Bertz CT molecular complexity index is 882. The van der Waals surface area contributed by atoms with E-state index in [2.05, 4.69) is 24.1 Å². The molecule has 2 aromatic rings. The highest BCUT2D eigenvalue weighted by atomic mass is 19.1. The molecule has 1 spiro atoms. The number of aromatic nitrogens is 1. The SMILES string of the molecule is CC(C)c1ccc(F)c(-c2ccnc([C@H]3CC[C@@]4(CCN(C)C4=O)N3)c2)c1. The highest BCUT2D eigenvalue weighted by Crippen LogP contribution is 2.39. The topological polar surface area (TPSA) is 45.2 Å². The number of hydrogen-bond acceptors (Lipinski definition) is 3. The lowest BCUT2D eigenvalue weighted by molar-refractivity contribution is -0.131. The van der Waals surface area contributed by atoms with E-state index in [0.29, 0.717) is 11.5 Å². The lowest BCUT2D eigenvalue weighted by Crippen LogP contribution is -2.47. The van der Waals surface area contributed by atoms with E-state index in [1.165, 1.54) is 0 Å². The molecule has 142 valence electrons. The van der Waals surface area contributed by atoms with Crippen molar-refractivity contribution in [1.29, 1.82) is 0 Å². The molecule has 2 saturated heterocycles. The van der Waals surface area contributed by atoms with Crippen molar-refractivity contribution in [2.75, 3.05) is 13.6 Å². The largest absolute Gasteiger partial charge is 0.344 e. The van der Waals surface area contributed by atoms with Gasteiger partial charge in [0.05, 0.1) is 11.7 Å². The number of benzene rings is 1. The van der Waals surface area contributed by atoms with Gasteiger partial charge in [-0.3, -0.25) is 15.1 Å². The third-order valence-corrected chi connectivity index (χ3v) is 6.05. The van der Waals surface area contributed by atoms with E-state index in [9.17, 15) is 9.18 Å². The Balaban J connectivity index is 1.63. The predicted molar refractivity (Wildman–Crippen MR) is 104 cm³/mol. The Hall–Kier alpha value is -2.27. The van der Waals surface area contributed by atoms with Crippen LogP contribution < -0.4 is 5.32 Å². The van der Waals surface area contributed by atoms with Gasteiger partial charge >= 0.3 is 0 Å². The fourth-order valence-electron chi connectivity index (χ4n) is 4.32. The highest BCUT2D eigenvalue weighted by molar-refractivity contribution is 5.88. The zero-order chi connectivity index (χ0) is 19.2. The van der Waals surface area contributed by atoms with Gasteiger partial charge in [0.1, 0.15) is 11.4 Å². The van der Waals surface area contributed by atoms with Gasteiger partial charge in [-0.15, -0.1) is 0 Å². The molecule has 2 atom stereocenters. The Kier molecular flexibility index (Phi) is 4.50. The van der Waals surface area contributed by atoms with Gasteiger partial charge in [-0.1, -0.05) is 19.9 Å². The maximum Gasteiger partial charge on any atom is 0.242 e. The first-order valence-electron chi connectivity index (χ1n) is 9.69. The second kappa shape index (κ2) is 6.71. The quantitative estimate of drug-likeness (QED) is 0.891. The summed E-state index contributed by atoms with van der Waals surface area (Å²) >= 11 is 0. The van der Waals surface area contributed by atoms with Crippen LogP contribution in [0.2, 0.25) is 0 Å². The maximum absolute atomic E-state index is 14.5. The van der Waals surface area contributed by atoms with Crippen molar-refractivity contribution < 1.29 is 9.18 Å². The molecule has 0 unspecified atom stereocenters. The van der Waals surface area contributed by atoms with Crippen molar-refractivity contribution in [3.05, 3.63) is 53.6 Å². The van der Waals surface area contributed by atoms with Crippen molar-refractivity contribution >= 4 is 5.91 Å². The van der Waals surface area contributed by atoms with Gasteiger partial charge in [-0.05, 0) is 60.6 Å². The molecule has 0 bridgehead atoms. The average molecular weight is 367 g/mol. The van der Waals surface area contributed by atoms with E-state index in [0.717, 1.165) is 42.6 Å². The van der Waals surface area contributed by atoms with Crippen molar-refractivity contribution in [2.45, 2.75) is 50.6 Å². The summed E-state index contributed by atoms with van der Waals surface area (Å²) in [5, 5.41) is 3.54. The van der Waals surface area contributed by atoms with Crippen LogP contribution in [0.4, 0.5) is 4.39 Å². The van der Waals surface area contributed by atoms with Crippen LogP contribution in [0.3, 0.4) is 0 Å². The van der Waals surface area contributed by atoms with Gasteiger partial charge in [-0.2, -0.15) is 0 Å². The number of hydrogen-bond donors (Lipinski definition) is 1. The molecule has 0 aliphatic carbocycles. The average Bonchev–Trinajstić information content (AvgIpc) is 3.22. The number of carbonyl (C=O) groups excluding carboxylic acids is 1. The molecule has 2 aliphatic heterocycles. The molecule has 3 heterocycles. The zero-order valence-electron chi connectivity index (χ0n) is 16.1. The monoisotopic (exact) mass is 367 g/mol. The molecular weight excluding hydrogens is 341 g/mol. The third kappa shape index (κ3) is 3.14. The molecule has 4 rings (SSSR count). The number of pyridine rings is 1. The van der Waals surface area contributed by atoms with Crippen LogP contribution in [-0.4, -0.2) is 34.9 Å². The van der Waals surface area contributed by atoms with Gasteiger partial charge < -0.3 is 4.90 Å². The molecule has 2 fully saturated rings. The summed E-state index contributed by atoms with van der Waals surface area (Å²) in [7, 11) is 1.86. The minimum absolute atomic E-state index is 0.0248. The van der Waals surface area contributed by atoms with E-state index in [1.54, 1.807) is 17.2 Å². The zero-order valence-corrected chi connectivity index (χ0v) is 16.1. The van der Waals surface area contributed by atoms with Crippen molar-refractivity contribution in [3.63, 3.8) is 0 Å². The molecule has 0 saturated carbocycles.